The van der Waals surface area contributed by atoms with Gasteiger partial charge >= 0.3 is 0 Å². The van der Waals surface area contributed by atoms with Crippen molar-refractivity contribution < 1.29 is 14.3 Å². The number of ether oxygens (including phenoxy) is 1. The number of fused-ring (bicyclic) bond motifs is 1. The predicted octanol–water partition coefficient (Wildman–Crippen LogP) is 0.208. The van der Waals surface area contributed by atoms with Gasteiger partial charge < -0.3 is 20.3 Å². The van der Waals surface area contributed by atoms with Gasteiger partial charge in [0.25, 0.3) is 5.91 Å². The Labute approximate surface area is 117 Å². The number of carbonyl (C=O) groups excluding carboxylic acids is 2. The second-order valence-electron chi connectivity index (χ2n) is 4.91. The number of para-hydroxylation sites is 2. The normalized spacial score (nSPS) is 21.9. The Kier molecular flexibility index (Phi) is 3.45. The van der Waals surface area contributed by atoms with Gasteiger partial charge in [-0.2, -0.15) is 0 Å². The van der Waals surface area contributed by atoms with E-state index >= 15 is 0 Å². The van der Waals surface area contributed by atoms with Crippen molar-refractivity contribution in [2.75, 3.05) is 31.5 Å². The summed E-state index contributed by atoms with van der Waals surface area (Å²) in [5.74, 6) is 0.623. The topological polar surface area (TPSA) is 70.7 Å². The Balaban J connectivity index is 1.68. The lowest BCUT2D eigenvalue weighted by atomic mass is 10.2. The van der Waals surface area contributed by atoms with Crippen LogP contribution in [0.1, 0.15) is 6.42 Å². The third kappa shape index (κ3) is 2.54. The van der Waals surface area contributed by atoms with Crippen LogP contribution in [0.4, 0.5) is 5.69 Å². The van der Waals surface area contributed by atoms with Gasteiger partial charge in [0.2, 0.25) is 5.91 Å². The molecule has 0 saturated carbocycles. The van der Waals surface area contributed by atoms with Crippen molar-refractivity contribution in [1.29, 1.82) is 0 Å². The molecule has 1 fully saturated rings. The molecule has 2 heterocycles. The van der Waals surface area contributed by atoms with Crippen LogP contribution in [0.3, 0.4) is 0 Å². The SMILES string of the molecule is O=C1CCN(C(=O)C2CNc3ccccc3O2)CCN1. The maximum absolute atomic E-state index is 12.4. The van der Waals surface area contributed by atoms with Crippen LogP contribution in [0.5, 0.6) is 5.75 Å². The minimum absolute atomic E-state index is 0.00617. The van der Waals surface area contributed by atoms with Gasteiger partial charge in [-0.05, 0) is 12.1 Å². The zero-order valence-corrected chi connectivity index (χ0v) is 11.1. The summed E-state index contributed by atoms with van der Waals surface area (Å²) in [6.07, 6.45) is -0.180. The van der Waals surface area contributed by atoms with Gasteiger partial charge in [-0.25, -0.2) is 0 Å². The summed E-state index contributed by atoms with van der Waals surface area (Å²) in [6.45, 7) is 1.94. The van der Waals surface area contributed by atoms with E-state index in [-0.39, 0.29) is 11.8 Å². The standard InChI is InChI=1S/C14H17N3O3/c18-13-5-7-17(8-6-15-13)14(19)12-9-16-10-3-1-2-4-11(10)20-12/h1-4,12,16H,5-9H2,(H,15,18). The number of hydrogen-bond donors (Lipinski definition) is 2. The fraction of sp³-hybridized carbons (Fsp3) is 0.429. The van der Waals surface area contributed by atoms with Gasteiger partial charge in [0, 0.05) is 26.1 Å². The van der Waals surface area contributed by atoms with E-state index in [1.165, 1.54) is 0 Å². The lowest BCUT2D eigenvalue weighted by Crippen LogP contribution is -2.48. The molecule has 1 unspecified atom stereocenters. The van der Waals surface area contributed by atoms with Crippen LogP contribution in [0.15, 0.2) is 24.3 Å². The lowest BCUT2D eigenvalue weighted by Gasteiger charge is -2.30. The van der Waals surface area contributed by atoms with Gasteiger partial charge in [-0.15, -0.1) is 0 Å². The zero-order valence-electron chi connectivity index (χ0n) is 11.1. The number of hydrogen-bond acceptors (Lipinski definition) is 4. The van der Waals surface area contributed by atoms with E-state index in [2.05, 4.69) is 10.6 Å². The number of nitrogens with zero attached hydrogens (tertiary/aromatic N) is 1. The van der Waals surface area contributed by atoms with E-state index in [4.69, 9.17) is 4.74 Å². The van der Waals surface area contributed by atoms with Crippen molar-refractivity contribution in [1.82, 2.24) is 10.2 Å². The van der Waals surface area contributed by atoms with Crippen LogP contribution >= 0.6 is 0 Å². The van der Waals surface area contributed by atoms with Crippen LogP contribution in [0.25, 0.3) is 0 Å². The van der Waals surface area contributed by atoms with Crippen LogP contribution < -0.4 is 15.4 Å². The number of rotatable bonds is 1. The smallest absolute Gasteiger partial charge is 0.265 e. The molecule has 1 atom stereocenters. The summed E-state index contributed by atoms with van der Waals surface area (Å²) >= 11 is 0. The van der Waals surface area contributed by atoms with Crippen LogP contribution in [0, 0.1) is 0 Å². The molecule has 0 radical (unpaired) electrons. The fourth-order valence-corrected chi connectivity index (χ4v) is 2.44. The molecule has 2 amide bonds. The van der Waals surface area contributed by atoms with Gasteiger partial charge in [-0.1, -0.05) is 12.1 Å². The summed E-state index contributed by atoms with van der Waals surface area (Å²) in [7, 11) is 0. The van der Waals surface area contributed by atoms with Crippen molar-refractivity contribution in [3.05, 3.63) is 24.3 Å². The number of carbonyl (C=O) groups is 2. The van der Waals surface area contributed by atoms with Crippen LogP contribution in [-0.4, -0.2) is 49.0 Å². The van der Waals surface area contributed by atoms with Crippen molar-refractivity contribution in [2.45, 2.75) is 12.5 Å². The molecular weight excluding hydrogens is 258 g/mol. The summed E-state index contributed by atoms with van der Waals surface area (Å²) in [6, 6.07) is 7.56. The van der Waals surface area contributed by atoms with E-state index in [1.807, 2.05) is 24.3 Å². The number of anilines is 1. The first-order valence-corrected chi connectivity index (χ1v) is 6.79. The average molecular weight is 275 g/mol. The summed E-state index contributed by atoms with van der Waals surface area (Å²) < 4.78 is 5.76. The highest BCUT2D eigenvalue weighted by Crippen LogP contribution is 2.28. The lowest BCUT2D eigenvalue weighted by molar-refractivity contribution is -0.138. The summed E-state index contributed by atoms with van der Waals surface area (Å²) in [5, 5.41) is 5.96. The van der Waals surface area contributed by atoms with Gasteiger partial charge in [0.15, 0.2) is 6.10 Å². The van der Waals surface area contributed by atoms with Crippen molar-refractivity contribution in [3.8, 4) is 5.75 Å². The minimum atomic E-state index is -0.530. The molecule has 106 valence electrons. The fourth-order valence-electron chi connectivity index (χ4n) is 2.44. The number of benzene rings is 1. The Morgan fingerprint density at radius 3 is 3.00 bits per heavy atom. The molecule has 2 N–H and O–H groups in total. The monoisotopic (exact) mass is 275 g/mol. The molecule has 6 nitrogen and oxygen atoms in total. The first-order chi connectivity index (χ1) is 9.74. The molecule has 6 heteroatoms. The second kappa shape index (κ2) is 5.40. The number of amides is 2. The minimum Gasteiger partial charge on any atom is -0.477 e. The van der Waals surface area contributed by atoms with E-state index in [1.54, 1.807) is 4.90 Å². The van der Waals surface area contributed by atoms with E-state index in [9.17, 15) is 9.59 Å². The second-order valence-corrected chi connectivity index (χ2v) is 4.91. The Bertz CT molecular complexity index is 532. The molecule has 1 aromatic carbocycles. The van der Waals surface area contributed by atoms with Crippen molar-refractivity contribution in [2.24, 2.45) is 0 Å². The molecule has 0 aromatic heterocycles. The third-order valence-electron chi connectivity index (χ3n) is 3.53. The number of nitrogens with one attached hydrogen (secondary N) is 2. The zero-order chi connectivity index (χ0) is 13.9. The molecule has 2 aliphatic heterocycles. The summed E-state index contributed by atoms with van der Waals surface area (Å²) in [4.78, 5) is 25.4. The first-order valence-electron chi connectivity index (χ1n) is 6.79. The molecule has 2 aliphatic rings. The highest BCUT2D eigenvalue weighted by molar-refractivity contribution is 5.84. The van der Waals surface area contributed by atoms with Crippen molar-refractivity contribution >= 4 is 17.5 Å². The molecule has 3 rings (SSSR count). The van der Waals surface area contributed by atoms with Crippen molar-refractivity contribution in [3.63, 3.8) is 0 Å². The molecule has 1 saturated heterocycles. The molecule has 1 aromatic rings. The highest BCUT2D eigenvalue weighted by Gasteiger charge is 2.30. The van der Waals surface area contributed by atoms with Gasteiger partial charge in [0.05, 0.1) is 12.2 Å². The molecular formula is C14H17N3O3. The maximum Gasteiger partial charge on any atom is 0.265 e. The third-order valence-corrected chi connectivity index (χ3v) is 3.53. The summed E-state index contributed by atoms with van der Waals surface area (Å²) in [5.41, 5.74) is 0.907. The quantitative estimate of drug-likeness (QED) is 0.768. The molecule has 0 spiro atoms. The van der Waals surface area contributed by atoms with E-state index in [0.717, 1.165) is 5.69 Å². The molecule has 0 aliphatic carbocycles. The highest BCUT2D eigenvalue weighted by atomic mass is 16.5. The van der Waals surface area contributed by atoms with Gasteiger partial charge in [-0.3, -0.25) is 9.59 Å². The largest absolute Gasteiger partial charge is 0.477 e. The van der Waals surface area contributed by atoms with Gasteiger partial charge in [0.1, 0.15) is 5.75 Å². The van der Waals surface area contributed by atoms with Crippen LogP contribution in [-0.2, 0) is 9.59 Å². The molecule has 20 heavy (non-hydrogen) atoms. The van der Waals surface area contributed by atoms with Crippen LogP contribution in [0.2, 0.25) is 0 Å². The molecule has 0 bridgehead atoms. The first kappa shape index (κ1) is 12.8. The average Bonchev–Trinajstić information content (AvgIpc) is 2.71. The predicted molar refractivity (Wildman–Crippen MR) is 73.6 cm³/mol. The Morgan fingerprint density at radius 2 is 2.10 bits per heavy atom. The van der Waals surface area contributed by atoms with E-state index < -0.39 is 6.10 Å². The Morgan fingerprint density at radius 1 is 1.25 bits per heavy atom. The Hall–Kier alpha value is -2.24. The van der Waals surface area contributed by atoms with E-state index in [0.29, 0.717) is 38.3 Å². The maximum atomic E-state index is 12.4.